The molecule has 1 aromatic heterocycles. The van der Waals surface area contributed by atoms with Gasteiger partial charge >= 0.3 is 6.18 Å². The zero-order valence-corrected chi connectivity index (χ0v) is 20.6. The Morgan fingerprint density at radius 3 is 2.50 bits per heavy atom. The number of carbonyl (C=O) groups is 1. The summed E-state index contributed by atoms with van der Waals surface area (Å²) in [5, 5.41) is 4.85. The van der Waals surface area contributed by atoms with E-state index < -0.39 is 27.7 Å². The monoisotopic (exact) mass is 539 g/mol. The molecule has 2 aromatic carbocycles. The number of hydrogen-bond acceptors (Lipinski definition) is 6. The van der Waals surface area contributed by atoms with Crippen LogP contribution >= 0.6 is 11.3 Å². The molecule has 0 aliphatic carbocycles. The summed E-state index contributed by atoms with van der Waals surface area (Å²) in [7, 11) is -4.23. The summed E-state index contributed by atoms with van der Waals surface area (Å²) in [4.78, 5) is 16.0. The van der Waals surface area contributed by atoms with E-state index in [1.54, 1.807) is 11.3 Å². The van der Waals surface area contributed by atoms with E-state index in [4.69, 9.17) is 4.74 Å². The molecule has 1 atom stereocenters. The zero-order chi connectivity index (χ0) is 25.8. The molecule has 36 heavy (non-hydrogen) atoms. The minimum atomic E-state index is -4.61. The molecule has 0 bridgehead atoms. The van der Waals surface area contributed by atoms with Crippen LogP contribution in [-0.2, 0) is 20.9 Å². The van der Waals surface area contributed by atoms with Crippen LogP contribution in [0.2, 0.25) is 0 Å². The minimum absolute atomic E-state index is 0.0488. The van der Waals surface area contributed by atoms with Crippen molar-refractivity contribution >= 4 is 33.0 Å². The number of nitrogens with one attached hydrogen (secondary N) is 2. The molecule has 4 rings (SSSR count). The Hall–Kier alpha value is -2.93. The highest BCUT2D eigenvalue weighted by Gasteiger charge is 2.31. The van der Waals surface area contributed by atoms with E-state index in [-0.39, 0.29) is 22.2 Å². The van der Waals surface area contributed by atoms with Gasteiger partial charge in [0.15, 0.2) is 0 Å². The average molecular weight is 540 g/mol. The number of alkyl halides is 3. The van der Waals surface area contributed by atoms with Crippen LogP contribution in [0.1, 0.15) is 26.8 Å². The molecule has 1 unspecified atom stereocenters. The second kappa shape index (κ2) is 11.0. The van der Waals surface area contributed by atoms with Gasteiger partial charge in [0.05, 0.1) is 29.7 Å². The molecular weight excluding hydrogens is 515 g/mol. The number of anilines is 1. The molecule has 7 nitrogen and oxygen atoms in total. The van der Waals surface area contributed by atoms with Crippen LogP contribution in [0.15, 0.2) is 70.9 Å². The number of sulfonamides is 1. The topological polar surface area (TPSA) is 87.7 Å². The second-order valence-corrected chi connectivity index (χ2v) is 10.8. The van der Waals surface area contributed by atoms with Crippen molar-refractivity contribution in [2.24, 2.45) is 0 Å². The molecule has 0 spiro atoms. The zero-order valence-electron chi connectivity index (χ0n) is 19.0. The van der Waals surface area contributed by atoms with E-state index in [2.05, 4.69) is 14.9 Å². The third kappa shape index (κ3) is 6.44. The summed E-state index contributed by atoms with van der Waals surface area (Å²) in [5.41, 5.74) is -1.09. The smallest absolute Gasteiger partial charge is 0.379 e. The summed E-state index contributed by atoms with van der Waals surface area (Å²) >= 11 is 1.59. The highest BCUT2D eigenvalue weighted by molar-refractivity contribution is 7.92. The van der Waals surface area contributed by atoms with Gasteiger partial charge in [0, 0.05) is 35.8 Å². The maximum absolute atomic E-state index is 13.0. The van der Waals surface area contributed by atoms with Crippen molar-refractivity contribution in [3.05, 3.63) is 82.0 Å². The van der Waals surface area contributed by atoms with Crippen LogP contribution in [0.5, 0.6) is 0 Å². The maximum atomic E-state index is 13.0. The summed E-state index contributed by atoms with van der Waals surface area (Å²) in [6.07, 6.45) is -4.61. The SMILES string of the molecule is O=C(NCC(c1cccs1)N1CCOCC1)c1cccc(S(=O)(=O)Nc2cccc(C(F)(F)F)c2)c1. The fourth-order valence-electron chi connectivity index (χ4n) is 3.85. The normalized spacial score (nSPS) is 15.9. The van der Waals surface area contributed by atoms with E-state index in [1.807, 2.05) is 17.5 Å². The average Bonchev–Trinajstić information content (AvgIpc) is 3.39. The van der Waals surface area contributed by atoms with E-state index in [1.165, 1.54) is 30.3 Å². The first kappa shape index (κ1) is 26.1. The van der Waals surface area contributed by atoms with Gasteiger partial charge < -0.3 is 10.1 Å². The van der Waals surface area contributed by atoms with Gasteiger partial charge in [-0.05, 0) is 47.8 Å². The van der Waals surface area contributed by atoms with Crippen LogP contribution in [0.3, 0.4) is 0 Å². The predicted molar refractivity (Wildman–Crippen MR) is 130 cm³/mol. The van der Waals surface area contributed by atoms with Gasteiger partial charge in [-0.1, -0.05) is 18.2 Å². The number of amides is 1. The molecule has 1 amide bonds. The Kier molecular flexibility index (Phi) is 7.98. The highest BCUT2D eigenvalue weighted by Crippen LogP contribution is 2.31. The largest absolute Gasteiger partial charge is 0.416 e. The Morgan fingerprint density at radius 2 is 1.81 bits per heavy atom. The van der Waals surface area contributed by atoms with Gasteiger partial charge in [-0.15, -0.1) is 11.3 Å². The number of hydrogen-bond donors (Lipinski definition) is 2. The molecule has 3 aromatic rings. The number of benzene rings is 2. The van der Waals surface area contributed by atoms with Crippen molar-refractivity contribution in [2.45, 2.75) is 17.1 Å². The summed E-state index contributed by atoms with van der Waals surface area (Å²) < 4.78 is 72.1. The quantitative estimate of drug-likeness (QED) is 0.444. The van der Waals surface area contributed by atoms with Gasteiger partial charge in [0.2, 0.25) is 0 Å². The van der Waals surface area contributed by atoms with E-state index in [0.29, 0.717) is 25.8 Å². The van der Waals surface area contributed by atoms with Crippen LogP contribution in [-0.4, -0.2) is 52.1 Å². The number of ether oxygens (including phenoxy) is 1. The Bertz CT molecular complexity index is 1290. The standard InChI is InChI=1S/C24H24F3N3O4S2/c25-24(26,27)18-5-2-6-19(15-18)29-36(32,33)20-7-1-4-17(14-20)23(31)28-16-21(22-8-3-13-35-22)30-9-11-34-12-10-30/h1-8,13-15,21,29H,9-12,16H2,(H,28,31). The first-order valence-electron chi connectivity index (χ1n) is 11.1. The molecule has 1 aliphatic rings. The third-order valence-corrected chi connectivity index (χ3v) is 8.02. The lowest BCUT2D eigenvalue weighted by Gasteiger charge is -2.34. The fourth-order valence-corrected chi connectivity index (χ4v) is 5.80. The molecule has 1 saturated heterocycles. The number of carbonyl (C=O) groups excluding carboxylic acids is 1. The maximum Gasteiger partial charge on any atom is 0.416 e. The molecule has 0 radical (unpaired) electrons. The first-order valence-corrected chi connectivity index (χ1v) is 13.4. The first-order chi connectivity index (χ1) is 17.1. The van der Waals surface area contributed by atoms with Gasteiger partial charge in [0.25, 0.3) is 15.9 Å². The Balaban J connectivity index is 1.47. The number of nitrogens with zero attached hydrogens (tertiary/aromatic N) is 1. The molecule has 2 N–H and O–H groups in total. The van der Waals surface area contributed by atoms with Crippen LogP contribution < -0.4 is 10.0 Å². The Labute approximate surface area is 210 Å². The summed E-state index contributed by atoms with van der Waals surface area (Å²) in [6, 6.07) is 13.2. The van der Waals surface area contributed by atoms with Gasteiger partial charge in [0.1, 0.15) is 0 Å². The van der Waals surface area contributed by atoms with Crippen molar-refractivity contribution < 1.29 is 31.1 Å². The van der Waals surface area contributed by atoms with Gasteiger partial charge in [-0.3, -0.25) is 14.4 Å². The third-order valence-electron chi connectivity index (χ3n) is 5.66. The van der Waals surface area contributed by atoms with E-state index in [9.17, 15) is 26.4 Å². The number of thiophene rings is 1. The van der Waals surface area contributed by atoms with Crippen molar-refractivity contribution in [2.75, 3.05) is 37.6 Å². The van der Waals surface area contributed by atoms with E-state index >= 15 is 0 Å². The number of morpholine rings is 1. The second-order valence-electron chi connectivity index (χ2n) is 8.10. The highest BCUT2D eigenvalue weighted by atomic mass is 32.2. The number of rotatable bonds is 8. The lowest BCUT2D eigenvalue weighted by Crippen LogP contribution is -2.43. The summed E-state index contributed by atoms with van der Waals surface area (Å²) in [5.74, 6) is -0.457. The molecule has 1 fully saturated rings. The lowest BCUT2D eigenvalue weighted by molar-refractivity contribution is -0.137. The van der Waals surface area contributed by atoms with Crippen LogP contribution in [0.4, 0.5) is 18.9 Å². The minimum Gasteiger partial charge on any atom is -0.379 e. The molecule has 192 valence electrons. The van der Waals surface area contributed by atoms with Crippen molar-refractivity contribution in [1.29, 1.82) is 0 Å². The fraction of sp³-hybridized carbons (Fsp3) is 0.292. The van der Waals surface area contributed by atoms with E-state index in [0.717, 1.165) is 30.1 Å². The van der Waals surface area contributed by atoms with Gasteiger partial charge in [-0.25, -0.2) is 8.42 Å². The molecular formula is C24H24F3N3O4S2. The summed E-state index contributed by atoms with van der Waals surface area (Å²) in [6.45, 7) is 2.99. The lowest BCUT2D eigenvalue weighted by atomic mass is 10.1. The molecule has 12 heteroatoms. The predicted octanol–water partition coefficient (Wildman–Crippen LogP) is 4.37. The number of halogens is 3. The Morgan fingerprint density at radius 1 is 1.06 bits per heavy atom. The van der Waals surface area contributed by atoms with Crippen molar-refractivity contribution in [3.63, 3.8) is 0 Å². The molecule has 1 aliphatic heterocycles. The van der Waals surface area contributed by atoms with Crippen LogP contribution in [0.25, 0.3) is 0 Å². The van der Waals surface area contributed by atoms with Crippen LogP contribution in [0, 0.1) is 0 Å². The van der Waals surface area contributed by atoms with Gasteiger partial charge in [-0.2, -0.15) is 13.2 Å². The molecule has 2 heterocycles. The van der Waals surface area contributed by atoms with Crippen molar-refractivity contribution in [1.82, 2.24) is 10.2 Å². The van der Waals surface area contributed by atoms with Crippen molar-refractivity contribution in [3.8, 4) is 0 Å². The molecule has 0 saturated carbocycles.